The Morgan fingerprint density at radius 1 is 1.19 bits per heavy atom. The van der Waals surface area contributed by atoms with Gasteiger partial charge in [-0.05, 0) is 35.9 Å². The van der Waals surface area contributed by atoms with E-state index in [0.717, 1.165) is 11.6 Å². The minimum absolute atomic E-state index is 0.191. The predicted molar refractivity (Wildman–Crippen MR) is 108 cm³/mol. The van der Waals surface area contributed by atoms with E-state index in [1.807, 2.05) is 0 Å². The van der Waals surface area contributed by atoms with E-state index in [1.165, 1.54) is 24.1 Å². The number of hydrogen-bond acceptors (Lipinski definition) is 4. The summed E-state index contributed by atoms with van der Waals surface area (Å²) < 4.78 is 18.8. The lowest BCUT2D eigenvalue weighted by molar-refractivity contribution is -0.122. The topological polar surface area (TPSA) is 87.7 Å². The fourth-order valence-electron chi connectivity index (χ4n) is 3.53. The van der Waals surface area contributed by atoms with Gasteiger partial charge >= 0.3 is 6.03 Å². The number of nitrogens with one attached hydrogen (secondary N) is 2. The maximum Gasteiger partial charge on any atom is 0.323 e. The summed E-state index contributed by atoms with van der Waals surface area (Å²) in [6.45, 7) is 0.0361. The minimum Gasteiger partial charge on any atom is -0.497 e. The number of carbonyl (C=O) groups excluding carboxylic acids is 3. The number of nitrogens with zero attached hydrogens (tertiary/aromatic N) is 1. The molecule has 31 heavy (non-hydrogen) atoms. The van der Waals surface area contributed by atoms with Crippen LogP contribution in [0.5, 0.6) is 5.75 Å². The number of rotatable bonds is 3. The van der Waals surface area contributed by atoms with Gasteiger partial charge in [-0.2, -0.15) is 0 Å². The zero-order valence-corrected chi connectivity index (χ0v) is 16.4. The van der Waals surface area contributed by atoms with Crippen LogP contribution < -0.4 is 15.4 Å². The van der Waals surface area contributed by atoms with Crippen molar-refractivity contribution in [2.24, 2.45) is 0 Å². The molecule has 154 valence electrons. The summed E-state index contributed by atoms with van der Waals surface area (Å²) in [4.78, 5) is 38.9. The zero-order chi connectivity index (χ0) is 22.2. The SMILES string of the molecule is C#Cc1ccc(F)cc1C#C[C@]1(CN2Cc3ccc(OC)cc3C2=O)NC(=O)NC1=O. The van der Waals surface area contributed by atoms with E-state index in [0.29, 0.717) is 16.9 Å². The number of hydrogen-bond donors (Lipinski definition) is 2. The first-order valence-electron chi connectivity index (χ1n) is 9.24. The second kappa shape index (κ2) is 7.51. The van der Waals surface area contributed by atoms with E-state index in [-0.39, 0.29) is 24.6 Å². The lowest BCUT2D eigenvalue weighted by Gasteiger charge is -2.26. The molecule has 0 saturated carbocycles. The van der Waals surface area contributed by atoms with Crippen molar-refractivity contribution in [3.05, 3.63) is 64.5 Å². The molecule has 0 aromatic heterocycles. The molecule has 7 nitrogen and oxygen atoms in total. The van der Waals surface area contributed by atoms with Gasteiger partial charge in [-0.3, -0.25) is 14.9 Å². The number of halogens is 1. The van der Waals surface area contributed by atoms with Crippen molar-refractivity contribution in [2.45, 2.75) is 12.1 Å². The summed E-state index contributed by atoms with van der Waals surface area (Å²) in [5.74, 6) is 6.78. The summed E-state index contributed by atoms with van der Waals surface area (Å²) in [6.07, 6.45) is 5.44. The molecule has 0 spiro atoms. The third kappa shape index (κ3) is 3.56. The highest BCUT2D eigenvalue weighted by Crippen LogP contribution is 2.28. The van der Waals surface area contributed by atoms with Gasteiger partial charge in [0.2, 0.25) is 5.54 Å². The Kier molecular flexibility index (Phi) is 4.84. The van der Waals surface area contributed by atoms with Crippen molar-refractivity contribution >= 4 is 17.8 Å². The summed E-state index contributed by atoms with van der Waals surface area (Å²) in [6, 6.07) is 8.14. The molecule has 1 saturated heterocycles. The molecule has 0 radical (unpaired) electrons. The van der Waals surface area contributed by atoms with Crippen molar-refractivity contribution in [3.63, 3.8) is 0 Å². The van der Waals surface area contributed by atoms with E-state index >= 15 is 0 Å². The van der Waals surface area contributed by atoms with Crippen LogP contribution in [0.2, 0.25) is 0 Å². The molecule has 0 unspecified atom stereocenters. The molecule has 2 N–H and O–H groups in total. The fraction of sp³-hybridized carbons (Fsp3) is 0.174. The molecule has 1 fully saturated rings. The van der Waals surface area contributed by atoms with Crippen molar-refractivity contribution in [3.8, 4) is 29.9 Å². The van der Waals surface area contributed by atoms with E-state index < -0.39 is 23.3 Å². The highest BCUT2D eigenvalue weighted by Gasteiger charge is 2.48. The Hall–Kier alpha value is -4.30. The number of carbonyl (C=O) groups is 3. The lowest BCUT2D eigenvalue weighted by Crippen LogP contribution is -2.54. The average Bonchev–Trinajstić information content (AvgIpc) is 3.21. The maximum absolute atomic E-state index is 13.7. The number of ether oxygens (including phenoxy) is 1. The van der Waals surface area contributed by atoms with Crippen LogP contribution >= 0.6 is 0 Å². The molecule has 2 aliphatic heterocycles. The third-order valence-electron chi connectivity index (χ3n) is 5.11. The van der Waals surface area contributed by atoms with Gasteiger partial charge in [0, 0.05) is 23.2 Å². The number of benzene rings is 2. The highest BCUT2D eigenvalue weighted by molar-refractivity contribution is 6.10. The van der Waals surface area contributed by atoms with Crippen LogP contribution in [0, 0.1) is 30.0 Å². The van der Waals surface area contributed by atoms with E-state index in [2.05, 4.69) is 28.4 Å². The molecule has 1 atom stereocenters. The maximum atomic E-state index is 13.7. The molecule has 4 rings (SSSR count). The summed E-state index contributed by atoms with van der Waals surface area (Å²) in [5, 5.41) is 4.65. The predicted octanol–water partition coefficient (Wildman–Crippen LogP) is 1.40. The lowest BCUT2D eigenvalue weighted by atomic mass is 9.98. The molecule has 2 heterocycles. The summed E-state index contributed by atoms with van der Waals surface area (Å²) >= 11 is 0. The molecule has 4 amide bonds. The quantitative estimate of drug-likeness (QED) is 0.584. The summed E-state index contributed by atoms with van der Waals surface area (Å²) in [5.41, 5.74) is 0.0318. The van der Waals surface area contributed by atoms with Crippen LogP contribution in [-0.4, -0.2) is 41.9 Å². The van der Waals surface area contributed by atoms with Crippen molar-refractivity contribution in [1.82, 2.24) is 15.5 Å². The van der Waals surface area contributed by atoms with Gasteiger partial charge in [-0.15, -0.1) is 6.42 Å². The normalized spacial score (nSPS) is 19.1. The van der Waals surface area contributed by atoms with Crippen LogP contribution in [0.4, 0.5) is 9.18 Å². The van der Waals surface area contributed by atoms with Crippen molar-refractivity contribution in [1.29, 1.82) is 0 Å². The first-order chi connectivity index (χ1) is 14.8. The zero-order valence-electron chi connectivity index (χ0n) is 16.4. The highest BCUT2D eigenvalue weighted by atomic mass is 19.1. The molecule has 2 aliphatic rings. The largest absolute Gasteiger partial charge is 0.497 e. The van der Waals surface area contributed by atoms with Gasteiger partial charge in [0.15, 0.2) is 0 Å². The van der Waals surface area contributed by atoms with Crippen LogP contribution in [0.1, 0.15) is 27.0 Å². The summed E-state index contributed by atoms with van der Waals surface area (Å²) in [7, 11) is 1.50. The molecule has 2 aromatic carbocycles. The first-order valence-corrected chi connectivity index (χ1v) is 9.24. The molecule has 2 aromatic rings. The number of urea groups is 1. The van der Waals surface area contributed by atoms with Gasteiger partial charge in [0.1, 0.15) is 11.6 Å². The third-order valence-corrected chi connectivity index (χ3v) is 5.11. The molecular formula is C23H16FN3O4. The Labute approximate surface area is 177 Å². The smallest absolute Gasteiger partial charge is 0.323 e. The van der Waals surface area contributed by atoms with Crippen molar-refractivity contribution in [2.75, 3.05) is 13.7 Å². The second-order valence-corrected chi connectivity index (χ2v) is 7.08. The van der Waals surface area contributed by atoms with Gasteiger partial charge in [0.05, 0.1) is 13.7 Å². The Morgan fingerprint density at radius 2 is 2.00 bits per heavy atom. The van der Waals surface area contributed by atoms with Crippen LogP contribution in [0.15, 0.2) is 36.4 Å². The molecule has 0 aliphatic carbocycles. The van der Waals surface area contributed by atoms with Gasteiger partial charge < -0.3 is 15.0 Å². The van der Waals surface area contributed by atoms with E-state index in [9.17, 15) is 18.8 Å². The average molecular weight is 417 g/mol. The number of fused-ring (bicyclic) bond motifs is 1. The minimum atomic E-state index is -1.71. The number of methoxy groups -OCH3 is 1. The molecule has 8 heteroatoms. The monoisotopic (exact) mass is 417 g/mol. The molecular weight excluding hydrogens is 401 g/mol. The Morgan fingerprint density at radius 3 is 2.68 bits per heavy atom. The number of terminal acetylenes is 1. The molecule has 0 bridgehead atoms. The Bertz CT molecular complexity index is 1240. The van der Waals surface area contributed by atoms with Gasteiger partial charge in [0.25, 0.3) is 11.8 Å². The van der Waals surface area contributed by atoms with Crippen LogP contribution in [0.25, 0.3) is 0 Å². The van der Waals surface area contributed by atoms with Gasteiger partial charge in [-0.25, -0.2) is 9.18 Å². The number of amides is 4. The standard InChI is InChI=1S/C23H16FN3O4/c1-3-14-4-6-17(24)10-15(14)8-9-23(21(29)25-22(30)26-23)13-27-12-16-5-7-18(31-2)11-19(16)20(27)28/h1,4-7,10-11H,12-13H2,2H3,(H2,25,26,29,30)/t23-/m1/s1. The van der Waals surface area contributed by atoms with Crippen LogP contribution in [0.3, 0.4) is 0 Å². The number of imide groups is 1. The first kappa shape index (κ1) is 20.0. The van der Waals surface area contributed by atoms with E-state index in [4.69, 9.17) is 11.2 Å². The fourth-order valence-corrected chi connectivity index (χ4v) is 3.53. The second-order valence-electron chi connectivity index (χ2n) is 7.08. The van der Waals surface area contributed by atoms with E-state index in [1.54, 1.807) is 18.2 Å². The Balaban J connectivity index is 1.69. The van der Waals surface area contributed by atoms with Gasteiger partial charge in [-0.1, -0.05) is 23.8 Å². The van der Waals surface area contributed by atoms with Crippen molar-refractivity contribution < 1.29 is 23.5 Å². The van der Waals surface area contributed by atoms with Crippen LogP contribution in [-0.2, 0) is 11.3 Å².